The van der Waals surface area contributed by atoms with Gasteiger partial charge in [-0.15, -0.1) is 0 Å². The SMILES string of the molecule is CC(=O)NCC=Cc1cc(CO)ccc1Cl. The van der Waals surface area contributed by atoms with E-state index in [9.17, 15) is 4.79 Å². The summed E-state index contributed by atoms with van der Waals surface area (Å²) in [5, 5.41) is 12.2. The zero-order valence-electron chi connectivity index (χ0n) is 9.03. The smallest absolute Gasteiger partial charge is 0.217 e. The summed E-state index contributed by atoms with van der Waals surface area (Å²) < 4.78 is 0. The molecule has 0 radical (unpaired) electrons. The number of hydrogen-bond acceptors (Lipinski definition) is 2. The number of carbonyl (C=O) groups excluding carboxylic acids is 1. The van der Waals surface area contributed by atoms with Crippen molar-refractivity contribution < 1.29 is 9.90 Å². The summed E-state index contributed by atoms with van der Waals surface area (Å²) in [6.07, 6.45) is 3.63. The first-order valence-corrected chi connectivity index (χ1v) is 5.31. The Kier molecular flexibility index (Phi) is 5.02. The van der Waals surface area contributed by atoms with Crippen molar-refractivity contribution in [1.29, 1.82) is 0 Å². The predicted molar refractivity (Wildman–Crippen MR) is 65.1 cm³/mol. The summed E-state index contributed by atoms with van der Waals surface area (Å²) in [4.78, 5) is 10.6. The number of carbonyl (C=O) groups is 1. The molecule has 3 nitrogen and oxygen atoms in total. The highest BCUT2D eigenvalue weighted by Gasteiger charge is 1.98. The standard InChI is InChI=1S/C12H14ClNO2/c1-9(16)14-6-2-3-11-7-10(8-15)4-5-12(11)13/h2-5,7,15H,6,8H2,1H3,(H,14,16). The predicted octanol–water partition coefficient (Wildman–Crippen LogP) is 1.98. The van der Waals surface area contributed by atoms with Gasteiger partial charge >= 0.3 is 0 Å². The van der Waals surface area contributed by atoms with Gasteiger partial charge in [-0.3, -0.25) is 4.79 Å². The van der Waals surface area contributed by atoms with E-state index >= 15 is 0 Å². The number of hydrogen-bond donors (Lipinski definition) is 2. The van der Waals surface area contributed by atoms with Crippen LogP contribution in [0.5, 0.6) is 0 Å². The second kappa shape index (κ2) is 6.30. The number of aliphatic hydroxyl groups excluding tert-OH is 1. The number of aliphatic hydroxyl groups is 1. The molecule has 0 aliphatic heterocycles. The van der Waals surface area contributed by atoms with Crippen molar-refractivity contribution in [3.05, 3.63) is 40.4 Å². The van der Waals surface area contributed by atoms with Crippen molar-refractivity contribution in [2.75, 3.05) is 6.54 Å². The van der Waals surface area contributed by atoms with Gasteiger partial charge in [0.15, 0.2) is 0 Å². The van der Waals surface area contributed by atoms with Gasteiger partial charge in [0.2, 0.25) is 5.91 Å². The summed E-state index contributed by atoms with van der Waals surface area (Å²) in [5.74, 6) is -0.0696. The Balaban J connectivity index is 2.68. The average Bonchev–Trinajstić information content (AvgIpc) is 2.26. The van der Waals surface area contributed by atoms with Crippen LogP contribution in [0.15, 0.2) is 24.3 Å². The van der Waals surface area contributed by atoms with Crippen LogP contribution in [-0.2, 0) is 11.4 Å². The molecule has 1 aromatic carbocycles. The fourth-order valence-electron chi connectivity index (χ4n) is 1.21. The van der Waals surface area contributed by atoms with Crippen molar-refractivity contribution in [3.63, 3.8) is 0 Å². The quantitative estimate of drug-likeness (QED) is 0.844. The van der Waals surface area contributed by atoms with Gasteiger partial charge in [0, 0.05) is 18.5 Å². The van der Waals surface area contributed by atoms with E-state index in [4.69, 9.17) is 16.7 Å². The second-order valence-electron chi connectivity index (χ2n) is 3.35. The molecule has 2 N–H and O–H groups in total. The monoisotopic (exact) mass is 239 g/mol. The summed E-state index contributed by atoms with van der Waals surface area (Å²) in [6, 6.07) is 5.32. The molecule has 0 bridgehead atoms. The molecule has 0 aliphatic carbocycles. The van der Waals surface area contributed by atoms with Crippen molar-refractivity contribution in [3.8, 4) is 0 Å². The van der Waals surface area contributed by atoms with E-state index in [1.165, 1.54) is 6.92 Å². The van der Waals surface area contributed by atoms with Gasteiger partial charge in [-0.2, -0.15) is 0 Å². The van der Waals surface area contributed by atoms with Crippen molar-refractivity contribution >= 4 is 23.6 Å². The van der Waals surface area contributed by atoms with Crippen molar-refractivity contribution in [2.24, 2.45) is 0 Å². The van der Waals surface area contributed by atoms with Crippen molar-refractivity contribution in [1.82, 2.24) is 5.32 Å². The molecule has 1 amide bonds. The van der Waals surface area contributed by atoms with E-state index in [0.29, 0.717) is 11.6 Å². The number of benzene rings is 1. The lowest BCUT2D eigenvalue weighted by atomic mass is 10.1. The van der Waals surface area contributed by atoms with Crippen LogP contribution in [0.2, 0.25) is 5.02 Å². The molecule has 4 heteroatoms. The maximum Gasteiger partial charge on any atom is 0.217 e. The molecule has 16 heavy (non-hydrogen) atoms. The van der Waals surface area contributed by atoms with Crippen molar-refractivity contribution in [2.45, 2.75) is 13.5 Å². The molecule has 1 rings (SSSR count). The Bertz CT molecular complexity index is 402. The summed E-state index contributed by atoms with van der Waals surface area (Å²) in [6.45, 7) is 1.92. The fourth-order valence-corrected chi connectivity index (χ4v) is 1.39. The minimum atomic E-state index is -0.0696. The number of halogens is 1. The second-order valence-corrected chi connectivity index (χ2v) is 3.76. The first kappa shape index (κ1) is 12.7. The van der Waals surface area contributed by atoms with Crippen LogP contribution in [0.25, 0.3) is 6.08 Å². The molecule has 0 heterocycles. The van der Waals surface area contributed by atoms with E-state index in [0.717, 1.165) is 11.1 Å². The molecular formula is C12H14ClNO2. The zero-order chi connectivity index (χ0) is 12.0. The maximum atomic E-state index is 10.6. The molecule has 0 unspecified atom stereocenters. The summed E-state index contributed by atoms with van der Waals surface area (Å²) >= 11 is 5.97. The Morgan fingerprint density at radius 1 is 1.56 bits per heavy atom. The van der Waals surface area contributed by atoms with Crippen LogP contribution in [0.4, 0.5) is 0 Å². The third kappa shape index (κ3) is 4.04. The molecule has 1 aromatic rings. The highest BCUT2D eigenvalue weighted by Crippen LogP contribution is 2.19. The van der Waals surface area contributed by atoms with Gasteiger partial charge in [-0.05, 0) is 23.3 Å². The minimum absolute atomic E-state index is 0.0102. The Morgan fingerprint density at radius 3 is 2.94 bits per heavy atom. The third-order valence-electron chi connectivity index (χ3n) is 2.01. The largest absolute Gasteiger partial charge is 0.392 e. The lowest BCUT2D eigenvalue weighted by Gasteiger charge is -2.01. The van der Waals surface area contributed by atoms with Crippen LogP contribution in [0.3, 0.4) is 0 Å². The molecule has 0 atom stereocenters. The minimum Gasteiger partial charge on any atom is -0.392 e. The van der Waals surface area contributed by atoms with E-state index in [2.05, 4.69) is 5.32 Å². The highest BCUT2D eigenvalue weighted by molar-refractivity contribution is 6.32. The first-order valence-electron chi connectivity index (χ1n) is 4.93. The Hall–Kier alpha value is -1.32. The van der Waals surface area contributed by atoms with E-state index in [1.54, 1.807) is 12.1 Å². The molecule has 0 aromatic heterocycles. The van der Waals surface area contributed by atoms with Crippen LogP contribution >= 0.6 is 11.6 Å². The topological polar surface area (TPSA) is 49.3 Å². The van der Waals surface area contributed by atoms with Gasteiger partial charge in [-0.1, -0.05) is 29.8 Å². The molecule has 86 valence electrons. The summed E-state index contributed by atoms with van der Waals surface area (Å²) in [5.41, 5.74) is 1.64. The highest BCUT2D eigenvalue weighted by atomic mass is 35.5. The average molecular weight is 240 g/mol. The molecular weight excluding hydrogens is 226 g/mol. The fraction of sp³-hybridized carbons (Fsp3) is 0.250. The van der Waals surface area contributed by atoms with Crippen LogP contribution in [0, 0.1) is 0 Å². The molecule has 0 saturated carbocycles. The maximum absolute atomic E-state index is 10.6. The Morgan fingerprint density at radius 2 is 2.31 bits per heavy atom. The van der Waals surface area contributed by atoms with Gasteiger partial charge in [0.1, 0.15) is 0 Å². The van der Waals surface area contributed by atoms with Gasteiger partial charge in [0.05, 0.1) is 6.61 Å². The van der Waals surface area contributed by atoms with Crippen LogP contribution in [0.1, 0.15) is 18.1 Å². The van der Waals surface area contributed by atoms with E-state index in [1.807, 2.05) is 18.2 Å². The van der Waals surface area contributed by atoms with Gasteiger partial charge < -0.3 is 10.4 Å². The van der Waals surface area contributed by atoms with E-state index in [-0.39, 0.29) is 12.5 Å². The number of nitrogens with one attached hydrogen (secondary N) is 1. The van der Waals surface area contributed by atoms with E-state index < -0.39 is 0 Å². The lowest BCUT2D eigenvalue weighted by molar-refractivity contribution is -0.118. The summed E-state index contributed by atoms with van der Waals surface area (Å²) in [7, 11) is 0. The molecule has 0 spiro atoms. The number of rotatable bonds is 4. The zero-order valence-corrected chi connectivity index (χ0v) is 9.79. The Labute approximate surface area is 99.7 Å². The molecule has 0 saturated heterocycles. The molecule has 0 aliphatic rings. The third-order valence-corrected chi connectivity index (χ3v) is 2.35. The van der Waals surface area contributed by atoms with Crippen LogP contribution in [-0.4, -0.2) is 17.6 Å². The number of amides is 1. The van der Waals surface area contributed by atoms with Gasteiger partial charge in [0.25, 0.3) is 0 Å². The van der Waals surface area contributed by atoms with Crippen LogP contribution < -0.4 is 5.32 Å². The van der Waals surface area contributed by atoms with Gasteiger partial charge in [-0.25, -0.2) is 0 Å². The first-order chi connectivity index (χ1) is 7.63. The molecule has 0 fully saturated rings. The normalized spacial score (nSPS) is 10.7. The lowest BCUT2D eigenvalue weighted by Crippen LogP contribution is -2.19.